The number of hydrogen-bond acceptors (Lipinski definition) is 4. The highest BCUT2D eigenvalue weighted by molar-refractivity contribution is 7.89. The Morgan fingerprint density at radius 3 is 2.30 bits per heavy atom. The van der Waals surface area contributed by atoms with Gasteiger partial charge >= 0.3 is 0 Å². The van der Waals surface area contributed by atoms with Crippen molar-refractivity contribution in [2.24, 2.45) is 0 Å². The van der Waals surface area contributed by atoms with Crippen molar-refractivity contribution in [1.82, 2.24) is 4.31 Å². The summed E-state index contributed by atoms with van der Waals surface area (Å²) < 4.78 is 71.8. The van der Waals surface area contributed by atoms with Gasteiger partial charge in [-0.1, -0.05) is 0 Å². The number of nitrogens with zero attached hydrogens (tertiary/aromatic N) is 1. The van der Waals surface area contributed by atoms with E-state index in [0.717, 1.165) is 28.6 Å². The number of benzene rings is 2. The molecule has 0 aromatic heterocycles. The number of sulfonamides is 1. The maximum absolute atomic E-state index is 14.1. The average molecular weight is 400 g/mol. The Morgan fingerprint density at radius 1 is 0.963 bits per heavy atom. The van der Waals surface area contributed by atoms with Gasteiger partial charge in [0.1, 0.15) is 10.7 Å². The number of rotatable bonds is 4. The van der Waals surface area contributed by atoms with Crippen LogP contribution in [0.2, 0.25) is 0 Å². The Kier molecular flexibility index (Phi) is 5.49. The number of anilines is 1. The highest BCUT2D eigenvalue weighted by Crippen LogP contribution is 2.24. The Morgan fingerprint density at radius 2 is 1.63 bits per heavy atom. The van der Waals surface area contributed by atoms with Gasteiger partial charge in [0.25, 0.3) is 5.91 Å². The summed E-state index contributed by atoms with van der Waals surface area (Å²) in [6.07, 6.45) is 0. The maximum Gasteiger partial charge on any atom is 0.255 e. The fourth-order valence-corrected chi connectivity index (χ4v) is 4.04. The first kappa shape index (κ1) is 19.3. The lowest BCUT2D eigenvalue weighted by molar-refractivity contribution is 0.0729. The number of nitrogens with one attached hydrogen (secondary N) is 1. The van der Waals surface area contributed by atoms with Crippen molar-refractivity contribution in [1.29, 1.82) is 0 Å². The standard InChI is InChI=1S/C17H15F3N2O4S/c18-13-3-1-11(9-15(13)20)17(23)21-12-2-4-14(19)16(10-12)27(24,25)22-5-7-26-8-6-22/h1-4,9-10H,5-8H2,(H,21,23). The van der Waals surface area contributed by atoms with Crippen LogP contribution in [0.25, 0.3) is 0 Å². The van der Waals surface area contributed by atoms with E-state index in [2.05, 4.69) is 5.32 Å². The molecular weight excluding hydrogens is 385 g/mol. The molecule has 27 heavy (non-hydrogen) atoms. The zero-order valence-corrected chi connectivity index (χ0v) is 14.7. The molecule has 2 aromatic rings. The second kappa shape index (κ2) is 7.67. The van der Waals surface area contributed by atoms with Gasteiger partial charge in [0, 0.05) is 24.3 Å². The molecule has 1 aliphatic heterocycles. The first-order valence-electron chi connectivity index (χ1n) is 7.93. The third-order valence-corrected chi connectivity index (χ3v) is 5.87. The topological polar surface area (TPSA) is 75.7 Å². The predicted octanol–water partition coefficient (Wildman–Crippen LogP) is 2.38. The Hall–Kier alpha value is -2.43. The van der Waals surface area contributed by atoms with Crippen LogP contribution in [0, 0.1) is 17.5 Å². The van der Waals surface area contributed by atoms with Crippen LogP contribution in [0.15, 0.2) is 41.3 Å². The van der Waals surface area contributed by atoms with E-state index >= 15 is 0 Å². The second-order valence-electron chi connectivity index (χ2n) is 5.74. The van der Waals surface area contributed by atoms with Crippen molar-refractivity contribution >= 4 is 21.6 Å². The molecule has 0 aliphatic carbocycles. The summed E-state index contributed by atoms with van der Waals surface area (Å²) in [6, 6.07) is 5.64. The molecular formula is C17H15F3N2O4S. The van der Waals surface area contributed by atoms with Gasteiger partial charge in [-0.25, -0.2) is 21.6 Å². The normalized spacial score (nSPS) is 15.5. The highest BCUT2D eigenvalue weighted by atomic mass is 32.2. The van der Waals surface area contributed by atoms with E-state index in [1.165, 1.54) is 6.07 Å². The third kappa shape index (κ3) is 4.12. The van der Waals surface area contributed by atoms with E-state index in [4.69, 9.17) is 4.74 Å². The van der Waals surface area contributed by atoms with Crippen molar-refractivity contribution in [3.8, 4) is 0 Å². The zero-order chi connectivity index (χ0) is 19.6. The molecule has 0 radical (unpaired) electrons. The van der Waals surface area contributed by atoms with Gasteiger partial charge < -0.3 is 10.1 Å². The lowest BCUT2D eigenvalue weighted by atomic mass is 10.2. The van der Waals surface area contributed by atoms with Crippen LogP contribution in [-0.4, -0.2) is 44.9 Å². The van der Waals surface area contributed by atoms with Gasteiger partial charge in [-0.05, 0) is 36.4 Å². The lowest BCUT2D eigenvalue weighted by Gasteiger charge is -2.26. The van der Waals surface area contributed by atoms with Crippen LogP contribution >= 0.6 is 0 Å². The quantitative estimate of drug-likeness (QED) is 0.855. The molecule has 0 unspecified atom stereocenters. The zero-order valence-electron chi connectivity index (χ0n) is 13.9. The van der Waals surface area contributed by atoms with Gasteiger partial charge in [-0.15, -0.1) is 0 Å². The minimum absolute atomic E-state index is 0.00188. The number of amides is 1. The average Bonchev–Trinajstić information content (AvgIpc) is 2.66. The molecule has 3 rings (SSSR count). The van der Waals surface area contributed by atoms with Gasteiger partial charge in [-0.3, -0.25) is 4.79 Å². The van der Waals surface area contributed by atoms with Crippen molar-refractivity contribution < 1.29 is 31.1 Å². The van der Waals surface area contributed by atoms with Crippen molar-refractivity contribution in [3.05, 3.63) is 59.4 Å². The van der Waals surface area contributed by atoms with Gasteiger partial charge in [0.15, 0.2) is 11.6 Å². The molecule has 0 spiro atoms. The number of ether oxygens (including phenoxy) is 1. The van der Waals surface area contributed by atoms with Crippen molar-refractivity contribution in [3.63, 3.8) is 0 Å². The van der Waals surface area contributed by atoms with E-state index in [1.807, 2.05) is 0 Å². The van der Waals surface area contributed by atoms with Gasteiger partial charge in [0.05, 0.1) is 13.2 Å². The van der Waals surface area contributed by atoms with E-state index in [9.17, 15) is 26.4 Å². The first-order valence-corrected chi connectivity index (χ1v) is 9.37. The van der Waals surface area contributed by atoms with Crippen molar-refractivity contribution in [2.75, 3.05) is 31.6 Å². The molecule has 144 valence electrons. The molecule has 1 saturated heterocycles. The van der Waals surface area contributed by atoms with Crippen molar-refractivity contribution in [2.45, 2.75) is 4.90 Å². The number of halogens is 3. The molecule has 1 amide bonds. The lowest BCUT2D eigenvalue weighted by Crippen LogP contribution is -2.40. The molecule has 0 bridgehead atoms. The number of carbonyl (C=O) groups is 1. The number of hydrogen-bond donors (Lipinski definition) is 1. The number of morpholine rings is 1. The monoisotopic (exact) mass is 400 g/mol. The molecule has 1 aliphatic rings. The van der Waals surface area contributed by atoms with E-state index in [-0.39, 0.29) is 37.6 Å². The van der Waals surface area contributed by atoms with Crippen LogP contribution in [0.3, 0.4) is 0 Å². The molecule has 1 N–H and O–H groups in total. The van der Waals surface area contributed by atoms with Crippen LogP contribution in [-0.2, 0) is 14.8 Å². The third-order valence-electron chi connectivity index (χ3n) is 3.96. The summed E-state index contributed by atoms with van der Waals surface area (Å²) >= 11 is 0. The van der Waals surface area contributed by atoms with Gasteiger partial charge in [-0.2, -0.15) is 4.31 Å². The summed E-state index contributed by atoms with van der Waals surface area (Å²) in [5.41, 5.74) is -0.172. The minimum Gasteiger partial charge on any atom is -0.379 e. The fourth-order valence-electron chi connectivity index (χ4n) is 2.55. The number of carbonyl (C=O) groups excluding carboxylic acids is 1. The summed E-state index contributed by atoms with van der Waals surface area (Å²) in [5.74, 6) is -4.06. The summed E-state index contributed by atoms with van der Waals surface area (Å²) in [5, 5.41) is 2.35. The second-order valence-corrected chi connectivity index (χ2v) is 7.65. The fraction of sp³-hybridized carbons (Fsp3) is 0.235. The smallest absolute Gasteiger partial charge is 0.255 e. The van der Waals surface area contributed by atoms with E-state index in [0.29, 0.717) is 6.07 Å². The molecule has 0 saturated carbocycles. The van der Waals surface area contributed by atoms with E-state index in [1.54, 1.807) is 0 Å². The summed E-state index contributed by atoms with van der Waals surface area (Å²) in [6.45, 7) is 0.585. The molecule has 1 heterocycles. The summed E-state index contributed by atoms with van der Waals surface area (Å²) in [4.78, 5) is 11.6. The molecule has 2 aromatic carbocycles. The molecule has 0 atom stereocenters. The van der Waals surface area contributed by atoms with Crippen LogP contribution in [0.1, 0.15) is 10.4 Å². The SMILES string of the molecule is O=C(Nc1ccc(F)c(S(=O)(=O)N2CCOCC2)c1)c1ccc(F)c(F)c1. The minimum atomic E-state index is -4.11. The maximum atomic E-state index is 14.1. The predicted molar refractivity (Wildman–Crippen MR) is 90.3 cm³/mol. The molecule has 1 fully saturated rings. The summed E-state index contributed by atoms with van der Waals surface area (Å²) in [7, 11) is -4.11. The Balaban J connectivity index is 1.86. The van der Waals surface area contributed by atoms with Crippen LogP contribution in [0.5, 0.6) is 0 Å². The Bertz CT molecular complexity index is 976. The van der Waals surface area contributed by atoms with E-state index < -0.39 is 38.3 Å². The van der Waals surface area contributed by atoms with Gasteiger partial charge in [0.2, 0.25) is 10.0 Å². The van der Waals surface area contributed by atoms with Crippen LogP contribution in [0.4, 0.5) is 18.9 Å². The molecule has 10 heteroatoms. The highest BCUT2D eigenvalue weighted by Gasteiger charge is 2.29. The van der Waals surface area contributed by atoms with Crippen LogP contribution < -0.4 is 5.32 Å². The molecule has 6 nitrogen and oxygen atoms in total. The first-order chi connectivity index (χ1) is 12.8. The largest absolute Gasteiger partial charge is 0.379 e. The Labute approximate surface area is 153 Å².